The number of methoxy groups -OCH3 is 1. The molecule has 0 saturated carbocycles. The van der Waals surface area contributed by atoms with Crippen LogP contribution in [-0.2, 0) is 15.3 Å². The molecule has 1 aromatic rings. The van der Waals surface area contributed by atoms with Crippen molar-refractivity contribution in [3.05, 3.63) is 29.6 Å². The van der Waals surface area contributed by atoms with Crippen LogP contribution in [0.2, 0.25) is 0 Å². The molecular weight excluding hydrogens is 225 g/mol. The first-order valence-corrected chi connectivity index (χ1v) is 5.45. The van der Waals surface area contributed by atoms with Crippen molar-refractivity contribution in [2.75, 3.05) is 20.3 Å². The van der Waals surface area contributed by atoms with Gasteiger partial charge in [0.2, 0.25) is 0 Å². The number of benzene rings is 1. The number of hydrogen-bond donors (Lipinski definition) is 1. The third-order valence-electron chi connectivity index (χ3n) is 2.88. The molecule has 1 aliphatic heterocycles. The molecular formula is C12H16FNO3. The molecule has 1 fully saturated rings. The van der Waals surface area contributed by atoms with E-state index in [9.17, 15) is 4.39 Å². The molecule has 1 saturated heterocycles. The highest BCUT2D eigenvalue weighted by Crippen LogP contribution is 2.35. The van der Waals surface area contributed by atoms with Crippen molar-refractivity contribution in [2.45, 2.75) is 18.8 Å². The van der Waals surface area contributed by atoms with Gasteiger partial charge in [-0.3, -0.25) is 0 Å². The molecule has 2 unspecified atom stereocenters. The van der Waals surface area contributed by atoms with Gasteiger partial charge in [0.25, 0.3) is 0 Å². The minimum absolute atomic E-state index is 0.148. The maximum atomic E-state index is 13.6. The Labute approximate surface area is 99.5 Å². The van der Waals surface area contributed by atoms with Gasteiger partial charge in [0.1, 0.15) is 0 Å². The number of nitrogens with two attached hydrogens (primary N) is 1. The second-order valence-corrected chi connectivity index (χ2v) is 4.08. The lowest BCUT2D eigenvalue weighted by atomic mass is 10.1. The van der Waals surface area contributed by atoms with Gasteiger partial charge in [0.05, 0.1) is 19.8 Å². The summed E-state index contributed by atoms with van der Waals surface area (Å²) >= 11 is 0. The highest BCUT2D eigenvalue weighted by molar-refractivity contribution is 5.31. The molecule has 1 heterocycles. The average Bonchev–Trinajstić information content (AvgIpc) is 2.72. The number of rotatable bonds is 3. The summed E-state index contributed by atoms with van der Waals surface area (Å²) in [7, 11) is 1.42. The quantitative estimate of drug-likeness (QED) is 0.868. The Kier molecular flexibility index (Phi) is 3.33. The fraction of sp³-hybridized carbons (Fsp3) is 0.500. The Balaban J connectivity index is 2.25. The summed E-state index contributed by atoms with van der Waals surface area (Å²) < 4.78 is 29.7. The van der Waals surface area contributed by atoms with E-state index >= 15 is 0 Å². The molecule has 4 nitrogen and oxygen atoms in total. The normalized spacial score (nSPS) is 28.4. The first-order chi connectivity index (χ1) is 8.09. The number of hydrogen-bond acceptors (Lipinski definition) is 4. The van der Waals surface area contributed by atoms with Crippen molar-refractivity contribution in [1.29, 1.82) is 0 Å². The highest BCUT2D eigenvalue weighted by atomic mass is 19.1. The third kappa shape index (κ3) is 2.26. The van der Waals surface area contributed by atoms with E-state index in [4.69, 9.17) is 19.9 Å². The van der Waals surface area contributed by atoms with Crippen LogP contribution in [0.25, 0.3) is 0 Å². The summed E-state index contributed by atoms with van der Waals surface area (Å²) in [6.07, 6.45) is -0.148. The summed E-state index contributed by atoms with van der Waals surface area (Å²) in [5.74, 6) is -1.17. The van der Waals surface area contributed by atoms with Crippen LogP contribution < -0.4 is 10.5 Å². The first kappa shape index (κ1) is 12.3. The maximum Gasteiger partial charge on any atom is 0.192 e. The van der Waals surface area contributed by atoms with E-state index in [1.807, 2.05) is 0 Å². The predicted molar refractivity (Wildman–Crippen MR) is 60.2 cm³/mol. The van der Waals surface area contributed by atoms with Crippen LogP contribution in [0.5, 0.6) is 5.75 Å². The van der Waals surface area contributed by atoms with E-state index in [0.717, 1.165) is 0 Å². The fourth-order valence-corrected chi connectivity index (χ4v) is 1.85. The number of halogens is 1. The van der Waals surface area contributed by atoms with E-state index < -0.39 is 11.6 Å². The molecule has 1 aliphatic rings. The molecule has 0 aliphatic carbocycles. The van der Waals surface area contributed by atoms with Crippen LogP contribution >= 0.6 is 0 Å². The summed E-state index contributed by atoms with van der Waals surface area (Å²) in [6, 6.07) is 4.64. The van der Waals surface area contributed by atoms with Crippen molar-refractivity contribution in [1.82, 2.24) is 0 Å². The predicted octanol–water partition coefficient (Wildman–Crippen LogP) is 1.38. The standard InChI is InChI=1S/C12H16FNO3/c1-12(16-7-9(6-14)17-12)8-3-4-11(15-2)10(13)5-8/h3-5,9H,6-7,14H2,1-2H3. The lowest BCUT2D eigenvalue weighted by molar-refractivity contribution is -0.160. The average molecular weight is 241 g/mol. The summed E-state index contributed by atoms with van der Waals surface area (Å²) in [4.78, 5) is 0. The van der Waals surface area contributed by atoms with E-state index in [0.29, 0.717) is 18.7 Å². The van der Waals surface area contributed by atoms with Gasteiger partial charge in [-0.15, -0.1) is 0 Å². The molecule has 2 atom stereocenters. The largest absolute Gasteiger partial charge is 0.494 e. The second-order valence-electron chi connectivity index (χ2n) is 4.08. The fourth-order valence-electron chi connectivity index (χ4n) is 1.85. The van der Waals surface area contributed by atoms with Crippen molar-refractivity contribution in [2.24, 2.45) is 5.73 Å². The summed E-state index contributed by atoms with van der Waals surface area (Å²) in [6.45, 7) is 2.55. The maximum absolute atomic E-state index is 13.6. The van der Waals surface area contributed by atoms with E-state index in [2.05, 4.69) is 0 Å². The van der Waals surface area contributed by atoms with E-state index in [1.54, 1.807) is 19.1 Å². The van der Waals surface area contributed by atoms with Crippen molar-refractivity contribution in [3.8, 4) is 5.75 Å². The van der Waals surface area contributed by atoms with Gasteiger partial charge in [-0.25, -0.2) is 4.39 Å². The van der Waals surface area contributed by atoms with E-state index in [1.165, 1.54) is 13.2 Å². The Morgan fingerprint density at radius 2 is 2.35 bits per heavy atom. The Morgan fingerprint density at radius 3 is 2.88 bits per heavy atom. The first-order valence-electron chi connectivity index (χ1n) is 5.45. The highest BCUT2D eigenvalue weighted by Gasteiger charge is 2.38. The Bertz CT molecular complexity index is 413. The second kappa shape index (κ2) is 4.60. The van der Waals surface area contributed by atoms with Crippen LogP contribution in [0.4, 0.5) is 4.39 Å². The van der Waals surface area contributed by atoms with Crippen LogP contribution in [0.3, 0.4) is 0 Å². The molecule has 0 amide bonds. The van der Waals surface area contributed by atoms with Gasteiger partial charge in [0, 0.05) is 12.1 Å². The van der Waals surface area contributed by atoms with Crippen LogP contribution in [0, 0.1) is 5.82 Å². The molecule has 0 bridgehead atoms. The van der Waals surface area contributed by atoms with Crippen molar-refractivity contribution in [3.63, 3.8) is 0 Å². The van der Waals surface area contributed by atoms with E-state index in [-0.39, 0.29) is 11.9 Å². The van der Waals surface area contributed by atoms with Gasteiger partial charge in [-0.2, -0.15) is 0 Å². The molecule has 0 aromatic heterocycles. The van der Waals surface area contributed by atoms with Gasteiger partial charge >= 0.3 is 0 Å². The molecule has 17 heavy (non-hydrogen) atoms. The minimum Gasteiger partial charge on any atom is -0.494 e. The van der Waals surface area contributed by atoms with Gasteiger partial charge in [-0.05, 0) is 25.1 Å². The smallest absolute Gasteiger partial charge is 0.192 e. The molecule has 2 rings (SSSR count). The lowest BCUT2D eigenvalue weighted by Gasteiger charge is -2.24. The number of ether oxygens (including phenoxy) is 3. The summed E-state index contributed by atoms with van der Waals surface area (Å²) in [5, 5.41) is 0. The van der Waals surface area contributed by atoms with Crippen LogP contribution in [0.1, 0.15) is 12.5 Å². The topological polar surface area (TPSA) is 53.7 Å². The zero-order chi connectivity index (χ0) is 12.5. The van der Waals surface area contributed by atoms with Crippen LogP contribution in [0.15, 0.2) is 18.2 Å². The minimum atomic E-state index is -0.933. The monoisotopic (exact) mass is 241 g/mol. The molecule has 0 radical (unpaired) electrons. The van der Waals surface area contributed by atoms with Gasteiger partial charge in [0.15, 0.2) is 17.4 Å². The molecule has 94 valence electrons. The SMILES string of the molecule is COc1ccc(C2(C)OCC(CN)O2)cc1F. The lowest BCUT2D eigenvalue weighted by Crippen LogP contribution is -2.27. The molecule has 5 heteroatoms. The van der Waals surface area contributed by atoms with Crippen molar-refractivity contribution >= 4 is 0 Å². The Hall–Kier alpha value is -1.17. The van der Waals surface area contributed by atoms with Gasteiger partial charge in [-0.1, -0.05) is 0 Å². The zero-order valence-corrected chi connectivity index (χ0v) is 9.90. The zero-order valence-electron chi connectivity index (χ0n) is 9.90. The van der Waals surface area contributed by atoms with Crippen LogP contribution in [-0.4, -0.2) is 26.4 Å². The van der Waals surface area contributed by atoms with Crippen molar-refractivity contribution < 1.29 is 18.6 Å². The molecule has 2 N–H and O–H groups in total. The molecule has 1 aromatic carbocycles. The Morgan fingerprint density at radius 1 is 1.59 bits per heavy atom. The van der Waals surface area contributed by atoms with Gasteiger partial charge < -0.3 is 19.9 Å². The third-order valence-corrected chi connectivity index (χ3v) is 2.88. The summed E-state index contributed by atoms with van der Waals surface area (Å²) in [5.41, 5.74) is 6.13. The molecule has 0 spiro atoms.